The quantitative estimate of drug-likeness (QED) is 0.333. The van der Waals surface area contributed by atoms with Gasteiger partial charge in [0.05, 0.1) is 19.8 Å². The van der Waals surface area contributed by atoms with Crippen molar-refractivity contribution in [1.29, 1.82) is 0 Å². The van der Waals surface area contributed by atoms with Crippen molar-refractivity contribution >= 4 is 0 Å². The van der Waals surface area contributed by atoms with E-state index in [0.717, 1.165) is 0 Å². The summed E-state index contributed by atoms with van der Waals surface area (Å²) in [6, 6.07) is 0. The van der Waals surface area contributed by atoms with Gasteiger partial charge in [-0.05, 0) is 33.0 Å². The largest absolute Gasteiger partial charge is 0.395 e. The van der Waals surface area contributed by atoms with Crippen LogP contribution in [0, 0.1) is 0 Å². The summed E-state index contributed by atoms with van der Waals surface area (Å²) >= 11 is 0. The average molecular weight is 268 g/mol. The Hall–Kier alpha value is -0.280. The number of rotatable bonds is 3. The first-order chi connectivity index (χ1) is 8.64. The minimum Gasteiger partial charge on any atom is -0.395 e. The van der Waals surface area contributed by atoms with Crippen molar-refractivity contribution in [2.75, 3.05) is 59.6 Å². The highest BCUT2D eigenvalue weighted by molar-refractivity contribution is 4.59. The van der Waals surface area contributed by atoms with Crippen LogP contribution in [0.5, 0.6) is 0 Å². The number of aliphatic hydroxyl groups is 3. The van der Waals surface area contributed by atoms with Crippen LogP contribution >= 0.6 is 0 Å². The van der Waals surface area contributed by atoms with Gasteiger partial charge in [-0.2, -0.15) is 0 Å². The zero-order chi connectivity index (χ0) is 14.6. The molecule has 0 spiro atoms. The van der Waals surface area contributed by atoms with Crippen molar-refractivity contribution in [2.45, 2.75) is 12.8 Å². The summed E-state index contributed by atoms with van der Waals surface area (Å²) in [6.45, 7) is 4.06. The fourth-order valence-electron chi connectivity index (χ4n) is 0.875. The molecule has 1 saturated heterocycles. The summed E-state index contributed by atoms with van der Waals surface area (Å²) in [5.74, 6) is 0. The molecule has 0 radical (unpaired) electrons. The molecule has 0 atom stereocenters. The molecule has 1 aliphatic heterocycles. The van der Waals surface area contributed by atoms with Gasteiger partial charge < -0.3 is 37.4 Å². The molecule has 114 valence electrons. The number of nitrogens with zero attached hydrogens (tertiary/aromatic N) is 1. The summed E-state index contributed by atoms with van der Waals surface area (Å²) in [5.41, 5.74) is 14.3. The second kappa shape index (κ2) is 25.5. The van der Waals surface area contributed by atoms with Gasteiger partial charge in [0.15, 0.2) is 0 Å². The standard InChI is InChI=1S/C5H11N.3C2H7NO/c1-6-4-2-3-5-6;3*3-1-2-4/h2-5H2,1H3;3*4H,1-3H2. The number of hydrogen-bond acceptors (Lipinski definition) is 7. The predicted octanol–water partition coefficient (Wildman–Crippen LogP) is -2.48. The SMILES string of the molecule is CN1CCCC1.NCCO.NCCO.NCCO. The summed E-state index contributed by atoms with van der Waals surface area (Å²) < 4.78 is 0. The third-order valence-corrected chi connectivity index (χ3v) is 1.72. The molecule has 0 saturated carbocycles. The van der Waals surface area contributed by atoms with E-state index in [2.05, 4.69) is 11.9 Å². The monoisotopic (exact) mass is 268 g/mol. The molecule has 1 heterocycles. The zero-order valence-electron chi connectivity index (χ0n) is 11.6. The first-order valence-electron chi connectivity index (χ1n) is 6.25. The van der Waals surface area contributed by atoms with Gasteiger partial charge in [-0.1, -0.05) is 0 Å². The molecule has 0 aliphatic carbocycles. The van der Waals surface area contributed by atoms with Crippen molar-refractivity contribution < 1.29 is 15.3 Å². The van der Waals surface area contributed by atoms with Crippen molar-refractivity contribution in [2.24, 2.45) is 17.2 Å². The van der Waals surface area contributed by atoms with E-state index in [-0.39, 0.29) is 19.8 Å². The molecule has 7 heteroatoms. The molecule has 0 aromatic rings. The maximum absolute atomic E-state index is 7.75. The third-order valence-electron chi connectivity index (χ3n) is 1.72. The maximum atomic E-state index is 7.75. The Kier molecular flexibility index (Phi) is 32.4. The van der Waals surface area contributed by atoms with E-state index >= 15 is 0 Å². The van der Waals surface area contributed by atoms with Gasteiger partial charge in [-0.3, -0.25) is 0 Å². The van der Waals surface area contributed by atoms with E-state index in [1.807, 2.05) is 0 Å². The van der Waals surface area contributed by atoms with Gasteiger partial charge >= 0.3 is 0 Å². The fourth-order valence-corrected chi connectivity index (χ4v) is 0.875. The molecule has 1 fully saturated rings. The van der Waals surface area contributed by atoms with Gasteiger partial charge in [0.25, 0.3) is 0 Å². The lowest BCUT2D eigenvalue weighted by Crippen LogP contribution is -2.10. The summed E-state index contributed by atoms with van der Waals surface area (Å²) in [5, 5.41) is 23.2. The molecular formula is C11H32N4O3. The lowest BCUT2D eigenvalue weighted by atomic mass is 10.4. The van der Waals surface area contributed by atoms with Crippen LogP contribution in [-0.2, 0) is 0 Å². The highest BCUT2D eigenvalue weighted by Crippen LogP contribution is 2.01. The normalized spacial score (nSPS) is 13.5. The van der Waals surface area contributed by atoms with Crippen LogP contribution in [0.1, 0.15) is 12.8 Å². The molecule has 7 nitrogen and oxygen atoms in total. The molecule has 0 amide bonds. The lowest BCUT2D eigenvalue weighted by molar-refractivity contribution is 0.306. The second-order valence-corrected chi connectivity index (χ2v) is 3.55. The Morgan fingerprint density at radius 2 is 1.00 bits per heavy atom. The molecule has 0 aromatic carbocycles. The van der Waals surface area contributed by atoms with Crippen LogP contribution in [0.3, 0.4) is 0 Å². The van der Waals surface area contributed by atoms with Gasteiger partial charge in [-0.15, -0.1) is 0 Å². The van der Waals surface area contributed by atoms with E-state index in [1.54, 1.807) is 0 Å². The molecule has 9 N–H and O–H groups in total. The Labute approximate surface area is 111 Å². The van der Waals surface area contributed by atoms with Crippen molar-refractivity contribution in [1.82, 2.24) is 4.90 Å². The lowest BCUT2D eigenvalue weighted by Gasteiger charge is -2.01. The fraction of sp³-hybridized carbons (Fsp3) is 1.00. The third kappa shape index (κ3) is 36.1. The number of hydrogen-bond donors (Lipinski definition) is 6. The van der Waals surface area contributed by atoms with Gasteiger partial charge in [0.1, 0.15) is 0 Å². The Bertz CT molecular complexity index is 99.0. The smallest absolute Gasteiger partial charge is 0.0553 e. The van der Waals surface area contributed by atoms with Crippen LogP contribution < -0.4 is 17.2 Å². The zero-order valence-corrected chi connectivity index (χ0v) is 11.6. The summed E-state index contributed by atoms with van der Waals surface area (Å²) in [7, 11) is 2.17. The summed E-state index contributed by atoms with van der Waals surface area (Å²) in [4.78, 5) is 2.36. The molecule has 1 rings (SSSR count). The molecular weight excluding hydrogens is 236 g/mol. The Balaban J connectivity index is -0.000000171. The molecule has 0 aromatic heterocycles. The molecule has 0 bridgehead atoms. The molecule has 18 heavy (non-hydrogen) atoms. The van der Waals surface area contributed by atoms with Crippen LogP contribution in [0.2, 0.25) is 0 Å². The van der Waals surface area contributed by atoms with E-state index in [0.29, 0.717) is 19.6 Å². The van der Waals surface area contributed by atoms with E-state index in [9.17, 15) is 0 Å². The van der Waals surface area contributed by atoms with Crippen LogP contribution in [0.4, 0.5) is 0 Å². The van der Waals surface area contributed by atoms with Crippen molar-refractivity contribution in [3.8, 4) is 0 Å². The van der Waals surface area contributed by atoms with Crippen LogP contribution in [0.25, 0.3) is 0 Å². The number of likely N-dealkylation sites (tertiary alicyclic amines) is 1. The first-order valence-corrected chi connectivity index (χ1v) is 6.25. The minimum atomic E-state index is 0.0972. The van der Waals surface area contributed by atoms with Crippen LogP contribution in [0.15, 0.2) is 0 Å². The number of nitrogens with two attached hydrogens (primary N) is 3. The van der Waals surface area contributed by atoms with E-state index < -0.39 is 0 Å². The molecule has 0 unspecified atom stereocenters. The summed E-state index contributed by atoms with van der Waals surface area (Å²) in [6.07, 6.45) is 2.83. The number of aliphatic hydroxyl groups excluding tert-OH is 3. The Morgan fingerprint density at radius 3 is 1.06 bits per heavy atom. The maximum Gasteiger partial charge on any atom is 0.0553 e. The first kappa shape index (κ1) is 22.9. The predicted molar refractivity (Wildman–Crippen MR) is 75.2 cm³/mol. The van der Waals surface area contributed by atoms with Crippen LogP contribution in [-0.4, -0.2) is 79.8 Å². The Morgan fingerprint density at radius 1 is 0.778 bits per heavy atom. The van der Waals surface area contributed by atoms with Crippen molar-refractivity contribution in [3.05, 3.63) is 0 Å². The van der Waals surface area contributed by atoms with E-state index in [1.165, 1.54) is 25.9 Å². The van der Waals surface area contributed by atoms with Crippen molar-refractivity contribution in [3.63, 3.8) is 0 Å². The highest BCUT2D eigenvalue weighted by Gasteiger charge is 2.03. The van der Waals surface area contributed by atoms with Gasteiger partial charge in [0, 0.05) is 19.6 Å². The topological polar surface area (TPSA) is 142 Å². The van der Waals surface area contributed by atoms with Gasteiger partial charge in [0.2, 0.25) is 0 Å². The average Bonchev–Trinajstić information content (AvgIpc) is 2.90. The second-order valence-electron chi connectivity index (χ2n) is 3.55. The van der Waals surface area contributed by atoms with E-state index in [4.69, 9.17) is 32.5 Å². The molecule has 1 aliphatic rings. The minimum absolute atomic E-state index is 0.0972. The van der Waals surface area contributed by atoms with Gasteiger partial charge in [-0.25, -0.2) is 0 Å². The highest BCUT2D eigenvalue weighted by atomic mass is 16.3.